The lowest BCUT2D eigenvalue weighted by atomic mass is 10.0. The lowest BCUT2D eigenvalue weighted by Crippen LogP contribution is -2.19. The summed E-state index contributed by atoms with van der Waals surface area (Å²) in [7, 11) is 6.35. The summed E-state index contributed by atoms with van der Waals surface area (Å²) in [5.74, 6) is 0.182. The number of aromatic nitrogens is 2. The lowest BCUT2D eigenvalue weighted by Gasteiger charge is -2.12. The van der Waals surface area contributed by atoms with Crippen LogP contribution in [0.3, 0.4) is 0 Å². The van der Waals surface area contributed by atoms with Crippen molar-refractivity contribution in [2.75, 3.05) is 41.5 Å². The largest absolute Gasteiger partial charge is 0.473 e. The van der Waals surface area contributed by atoms with Crippen LogP contribution in [0.25, 0.3) is 0 Å². The quantitative estimate of drug-likeness (QED) is 0.100. The maximum atomic E-state index is 12.1. The van der Waals surface area contributed by atoms with E-state index in [1.165, 1.54) is 20.3 Å². The molecule has 0 fully saturated rings. The van der Waals surface area contributed by atoms with Gasteiger partial charge in [0.2, 0.25) is 11.8 Å². The second kappa shape index (κ2) is 22.7. The number of hydrogen-bond acceptors (Lipinski definition) is 12. The van der Waals surface area contributed by atoms with Gasteiger partial charge in [-0.05, 0) is 43.2 Å². The fraction of sp³-hybridized carbons (Fsp3) is 0.294. The summed E-state index contributed by atoms with van der Waals surface area (Å²) < 4.78 is 17.8. The van der Waals surface area contributed by atoms with Crippen LogP contribution in [0.1, 0.15) is 33.6 Å². The number of ether oxygens (including phenoxy) is 1. The Morgan fingerprint density at radius 2 is 1.21 bits per heavy atom. The van der Waals surface area contributed by atoms with E-state index in [-0.39, 0.29) is 19.8 Å². The predicted octanol–water partition coefficient (Wildman–Crippen LogP) is 4.68. The number of oxime groups is 2. The number of aryl methyl sites for hydroxylation is 2. The molecular formula is C34H43FN6O6. The summed E-state index contributed by atoms with van der Waals surface area (Å²) >= 11 is 0. The number of nitrogens with zero attached hydrogens (tertiary/aromatic N) is 4. The number of hydrogen-bond donors (Lipinski definition) is 3. The molecule has 0 radical (unpaired) electrons. The molecule has 0 aliphatic rings. The summed E-state index contributed by atoms with van der Waals surface area (Å²) in [5, 5.41) is 17.1. The first kappa shape index (κ1) is 38.4. The minimum atomic E-state index is -0.412. The third-order valence-corrected chi connectivity index (χ3v) is 6.03. The van der Waals surface area contributed by atoms with Crippen molar-refractivity contribution in [1.29, 1.82) is 0 Å². The number of nitrogens with one attached hydrogen (secondary N) is 2. The second-order valence-electron chi connectivity index (χ2n) is 9.41. The zero-order chi connectivity index (χ0) is 34.3. The van der Waals surface area contributed by atoms with Gasteiger partial charge in [-0.1, -0.05) is 71.0 Å². The van der Waals surface area contributed by atoms with Crippen molar-refractivity contribution in [1.82, 2.24) is 20.9 Å². The molecule has 4 rings (SSSR count). The van der Waals surface area contributed by atoms with Gasteiger partial charge < -0.3 is 19.5 Å². The molecule has 0 atom stereocenters. The zero-order valence-corrected chi connectivity index (χ0v) is 27.6. The van der Waals surface area contributed by atoms with Gasteiger partial charge in [0.25, 0.3) is 0 Å². The molecule has 0 bridgehead atoms. The van der Waals surface area contributed by atoms with Crippen LogP contribution in [-0.4, -0.2) is 68.0 Å². The van der Waals surface area contributed by atoms with E-state index < -0.39 is 5.95 Å². The minimum Gasteiger partial charge on any atom is -0.473 e. The first-order valence-electron chi connectivity index (χ1n) is 14.6. The number of rotatable bonds is 14. The summed E-state index contributed by atoms with van der Waals surface area (Å²) in [6.07, 6.45) is 0. The maximum Gasteiger partial charge on any atom is 0.213 e. The van der Waals surface area contributed by atoms with Crippen LogP contribution < -0.4 is 15.7 Å². The number of halogens is 1. The van der Waals surface area contributed by atoms with Crippen molar-refractivity contribution in [3.05, 3.63) is 125 Å². The fourth-order valence-electron chi connectivity index (χ4n) is 3.94. The Kier molecular flexibility index (Phi) is 18.5. The van der Waals surface area contributed by atoms with Crippen molar-refractivity contribution >= 4 is 11.4 Å². The molecule has 252 valence electrons. The van der Waals surface area contributed by atoms with Gasteiger partial charge in [0, 0.05) is 42.7 Å². The number of pyridine rings is 2. The summed E-state index contributed by atoms with van der Waals surface area (Å²) in [5.41, 5.74) is 11.6. The average molecular weight is 651 g/mol. The van der Waals surface area contributed by atoms with Crippen LogP contribution in [0.2, 0.25) is 0 Å². The highest BCUT2D eigenvalue weighted by molar-refractivity contribution is 6.03. The van der Waals surface area contributed by atoms with Crippen LogP contribution in [0.15, 0.2) is 95.2 Å². The Bertz CT molecular complexity index is 1520. The Labute approximate surface area is 275 Å². The number of benzene rings is 2. The third kappa shape index (κ3) is 14.5. The predicted molar refractivity (Wildman–Crippen MR) is 178 cm³/mol. The van der Waals surface area contributed by atoms with E-state index in [2.05, 4.69) is 31.2 Å². The molecule has 0 saturated carbocycles. The van der Waals surface area contributed by atoms with Crippen molar-refractivity contribution in [3.63, 3.8) is 0 Å². The fourth-order valence-corrected chi connectivity index (χ4v) is 3.94. The van der Waals surface area contributed by atoms with Gasteiger partial charge in [0.1, 0.15) is 45.5 Å². The molecule has 2 heterocycles. The van der Waals surface area contributed by atoms with E-state index in [9.17, 15) is 9.50 Å². The van der Waals surface area contributed by atoms with Crippen molar-refractivity contribution in [3.8, 4) is 5.88 Å². The van der Waals surface area contributed by atoms with Gasteiger partial charge in [0.05, 0.1) is 6.61 Å². The standard InChI is InChI=1S/C17H21N3O3.C11H16N2O3.C6H6FN/c1-13-7-6-10-17(19-13)22-11-14-8-4-5-9-15(14)16(20-21-3)12-23-18-2;1-12-16-8-11(13-15-2)10-6-4-3-5-9(10)7-14;1-5-3-2-4-6(7)8-5/h4-10,18H,11-12H2,1-3H3;3-6,12,14H,7-8H2,1-2H3;2-4H,1H3/b20-16-;13-11-;. The van der Waals surface area contributed by atoms with Gasteiger partial charge in [-0.25, -0.2) is 20.9 Å². The molecule has 47 heavy (non-hydrogen) atoms. The Morgan fingerprint density at radius 1 is 0.702 bits per heavy atom. The van der Waals surface area contributed by atoms with E-state index in [4.69, 9.17) is 24.1 Å². The number of hydroxylamine groups is 2. The molecular weight excluding hydrogens is 607 g/mol. The SMILES string of the molecule is CNOC/C(=N/OC)c1ccccc1CO.CNOC/C(=N/OC)c1ccccc1COc1cccc(C)n1.Cc1cccc(F)n1. The third-order valence-electron chi connectivity index (χ3n) is 6.03. The molecule has 0 aliphatic carbocycles. The monoisotopic (exact) mass is 650 g/mol. The van der Waals surface area contributed by atoms with Gasteiger partial charge in [-0.15, -0.1) is 0 Å². The van der Waals surface area contributed by atoms with Gasteiger partial charge in [-0.3, -0.25) is 9.68 Å². The first-order chi connectivity index (χ1) is 22.9. The molecule has 12 nitrogen and oxygen atoms in total. The summed E-state index contributed by atoms with van der Waals surface area (Å²) in [6.45, 7) is 4.57. The smallest absolute Gasteiger partial charge is 0.213 e. The van der Waals surface area contributed by atoms with Crippen LogP contribution in [0.5, 0.6) is 5.88 Å². The van der Waals surface area contributed by atoms with Crippen molar-refractivity contribution < 1.29 is 33.6 Å². The Balaban J connectivity index is 0.000000275. The highest BCUT2D eigenvalue weighted by Crippen LogP contribution is 2.15. The normalized spacial score (nSPS) is 11.1. The van der Waals surface area contributed by atoms with Gasteiger partial charge in [0.15, 0.2) is 0 Å². The van der Waals surface area contributed by atoms with Crippen LogP contribution >= 0.6 is 0 Å². The van der Waals surface area contributed by atoms with Crippen LogP contribution in [0.4, 0.5) is 4.39 Å². The first-order valence-corrected chi connectivity index (χ1v) is 14.6. The van der Waals surface area contributed by atoms with E-state index in [1.54, 1.807) is 33.2 Å². The van der Waals surface area contributed by atoms with Gasteiger partial charge in [-0.2, -0.15) is 4.39 Å². The molecule has 0 spiro atoms. The van der Waals surface area contributed by atoms with Gasteiger partial charge >= 0.3 is 0 Å². The van der Waals surface area contributed by atoms with Crippen LogP contribution in [0, 0.1) is 19.8 Å². The molecule has 0 aliphatic heterocycles. The Hall–Kier alpha value is -4.79. The number of aliphatic hydroxyl groups is 1. The average Bonchev–Trinajstić information content (AvgIpc) is 3.08. The van der Waals surface area contributed by atoms with E-state index in [0.717, 1.165) is 27.9 Å². The Morgan fingerprint density at radius 3 is 1.68 bits per heavy atom. The van der Waals surface area contributed by atoms with E-state index in [1.807, 2.05) is 73.7 Å². The molecule has 0 saturated heterocycles. The molecule has 4 aromatic rings. The van der Waals surface area contributed by atoms with Crippen LogP contribution in [-0.2, 0) is 32.6 Å². The molecule has 13 heteroatoms. The molecule has 3 N–H and O–H groups in total. The maximum absolute atomic E-state index is 12.1. The van der Waals surface area contributed by atoms with Crippen molar-refractivity contribution in [2.24, 2.45) is 10.3 Å². The van der Waals surface area contributed by atoms with E-state index >= 15 is 0 Å². The highest BCUT2D eigenvalue weighted by Gasteiger charge is 2.12. The summed E-state index contributed by atoms with van der Waals surface area (Å²) in [6, 6.07) is 25.7. The molecule has 2 aromatic carbocycles. The van der Waals surface area contributed by atoms with Crippen molar-refractivity contribution in [2.45, 2.75) is 27.1 Å². The topological polar surface area (TPSA) is 141 Å². The minimum absolute atomic E-state index is 0.0432. The second-order valence-corrected chi connectivity index (χ2v) is 9.41. The zero-order valence-electron chi connectivity index (χ0n) is 27.6. The highest BCUT2D eigenvalue weighted by atomic mass is 19.1. The lowest BCUT2D eigenvalue weighted by molar-refractivity contribution is 0.0866. The molecule has 0 unspecified atom stereocenters. The molecule has 0 amide bonds. The summed E-state index contributed by atoms with van der Waals surface area (Å²) in [4.78, 5) is 27.8. The number of aliphatic hydroxyl groups excluding tert-OH is 1. The molecule has 2 aromatic heterocycles. The van der Waals surface area contributed by atoms with E-state index in [0.29, 0.717) is 29.6 Å².